The predicted octanol–water partition coefficient (Wildman–Crippen LogP) is 4.49. The summed E-state index contributed by atoms with van der Waals surface area (Å²) in [5.41, 5.74) is 2.86. The van der Waals surface area contributed by atoms with Crippen molar-refractivity contribution in [3.05, 3.63) is 29.8 Å². The van der Waals surface area contributed by atoms with Crippen molar-refractivity contribution in [2.75, 3.05) is 25.0 Å². The Bertz CT molecular complexity index is 400. The van der Waals surface area contributed by atoms with E-state index in [0.717, 1.165) is 6.54 Å². The lowest BCUT2D eigenvalue weighted by Gasteiger charge is -2.34. The topological polar surface area (TPSA) is 15.3 Å². The average Bonchev–Trinajstić information content (AvgIpc) is 2.46. The Balaban J connectivity index is 2.00. The third-order valence-electron chi connectivity index (χ3n) is 4.44. The van der Waals surface area contributed by atoms with Gasteiger partial charge in [-0.25, -0.2) is 0 Å². The molecule has 2 nitrogen and oxygen atoms in total. The largest absolute Gasteiger partial charge is 0.385 e. The van der Waals surface area contributed by atoms with Gasteiger partial charge in [-0.15, -0.1) is 0 Å². The number of hydrogen-bond donors (Lipinski definition) is 1. The standard InChI is InChI=1S/C18H30N2/c1-4-5-8-13-20(15(2)3)14-16-11-12-19-18-10-7-6-9-17(16)18/h6-7,9-10,15-16,19H,4-5,8,11-14H2,1-3H3. The quantitative estimate of drug-likeness (QED) is 0.737. The Kier molecular flexibility index (Phi) is 5.90. The molecule has 112 valence electrons. The maximum atomic E-state index is 3.53. The smallest absolute Gasteiger partial charge is 0.0376 e. The minimum Gasteiger partial charge on any atom is -0.385 e. The van der Waals surface area contributed by atoms with Crippen molar-refractivity contribution in [3.8, 4) is 0 Å². The van der Waals surface area contributed by atoms with E-state index >= 15 is 0 Å². The summed E-state index contributed by atoms with van der Waals surface area (Å²) in [7, 11) is 0. The zero-order valence-electron chi connectivity index (χ0n) is 13.4. The molecule has 0 saturated carbocycles. The van der Waals surface area contributed by atoms with Gasteiger partial charge >= 0.3 is 0 Å². The molecule has 1 heterocycles. The van der Waals surface area contributed by atoms with E-state index < -0.39 is 0 Å². The summed E-state index contributed by atoms with van der Waals surface area (Å²) >= 11 is 0. The third kappa shape index (κ3) is 3.99. The van der Waals surface area contributed by atoms with Gasteiger partial charge in [0.25, 0.3) is 0 Å². The lowest BCUT2D eigenvalue weighted by atomic mass is 9.90. The summed E-state index contributed by atoms with van der Waals surface area (Å²) in [6.07, 6.45) is 5.25. The van der Waals surface area contributed by atoms with Crippen LogP contribution in [0.3, 0.4) is 0 Å². The Morgan fingerprint density at radius 3 is 2.80 bits per heavy atom. The number of fused-ring (bicyclic) bond motifs is 1. The maximum absolute atomic E-state index is 3.53. The van der Waals surface area contributed by atoms with Crippen molar-refractivity contribution in [1.82, 2.24) is 4.90 Å². The second kappa shape index (κ2) is 7.68. The Labute approximate surface area is 124 Å². The first-order valence-corrected chi connectivity index (χ1v) is 8.29. The monoisotopic (exact) mass is 274 g/mol. The van der Waals surface area contributed by atoms with Crippen LogP contribution in [0.25, 0.3) is 0 Å². The number of nitrogens with one attached hydrogen (secondary N) is 1. The molecule has 1 aliphatic heterocycles. The van der Waals surface area contributed by atoms with Crippen LogP contribution in [0.15, 0.2) is 24.3 Å². The first kappa shape index (κ1) is 15.4. The van der Waals surface area contributed by atoms with Crippen LogP contribution in [0.1, 0.15) is 57.9 Å². The van der Waals surface area contributed by atoms with Crippen LogP contribution >= 0.6 is 0 Å². The number of nitrogens with zero attached hydrogens (tertiary/aromatic N) is 1. The lowest BCUT2D eigenvalue weighted by Crippen LogP contribution is -2.37. The molecular formula is C18H30N2. The van der Waals surface area contributed by atoms with Gasteiger partial charge in [0, 0.05) is 30.7 Å². The number of benzene rings is 1. The second-order valence-electron chi connectivity index (χ2n) is 6.30. The fourth-order valence-electron chi connectivity index (χ4n) is 3.15. The van der Waals surface area contributed by atoms with Crippen molar-refractivity contribution in [1.29, 1.82) is 0 Å². The predicted molar refractivity (Wildman–Crippen MR) is 88.5 cm³/mol. The summed E-state index contributed by atoms with van der Waals surface area (Å²) in [6, 6.07) is 9.48. The zero-order chi connectivity index (χ0) is 14.4. The number of para-hydroxylation sites is 1. The molecule has 1 aliphatic rings. The maximum Gasteiger partial charge on any atom is 0.0376 e. The van der Waals surface area contributed by atoms with Crippen LogP contribution < -0.4 is 5.32 Å². The summed E-state index contributed by atoms with van der Waals surface area (Å²) in [5.74, 6) is 0.691. The van der Waals surface area contributed by atoms with E-state index in [1.165, 1.54) is 50.0 Å². The molecule has 1 atom stereocenters. The van der Waals surface area contributed by atoms with Gasteiger partial charge in [-0.1, -0.05) is 38.0 Å². The van der Waals surface area contributed by atoms with E-state index in [2.05, 4.69) is 55.3 Å². The van der Waals surface area contributed by atoms with Crippen LogP contribution in [0.2, 0.25) is 0 Å². The number of hydrogen-bond acceptors (Lipinski definition) is 2. The minimum atomic E-state index is 0.647. The van der Waals surface area contributed by atoms with E-state index in [-0.39, 0.29) is 0 Å². The van der Waals surface area contributed by atoms with Crippen molar-refractivity contribution in [3.63, 3.8) is 0 Å². The summed E-state index contributed by atoms with van der Waals surface area (Å²) < 4.78 is 0. The van der Waals surface area contributed by atoms with Gasteiger partial charge < -0.3 is 10.2 Å². The molecule has 0 bridgehead atoms. The van der Waals surface area contributed by atoms with Crippen LogP contribution in [0.4, 0.5) is 5.69 Å². The number of unbranched alkanes of at least 4 members (excludes halogenated alkanes) is 2. The van der Waals surface area contributed by atoms with Crippen molar-refractivity contribution < 1.29 is 0 Å². The second-order valence-corrected chi connectivity index (χ2v) is 6.30. The van der Waals surface area contributed by atoms with Gasteiger partial charge in [-0.2, -0.15) is 0 Å². The molecule has 1 aromatic rings. The van der Waals surface area contributed by atoms with E-state index in [9.17, 15) is 0 Å². The molecule has 20 heavy (non-hydrogen) atoms. The molecule has 0 fully saturated rings. The van der Waals surface area contributed by atoms with Crippen LogP contribution in [0, 0.1) is 0 Å². The summed E-state index contributed by atoms with van der Waals surface area (Å²) in [6.45, 7) is 10.5. The summed E-state index contributed by atoms with van der Waals surface area (Å²) in [5, 5.41) is 3.53. The normalized spacial score (nSPS) is 18.1. The highest BCUT2D eigenvalue weighted by Crippen LogP contribution is 2.32. The minimum absolute atomic E-state index is 0.647. The number of anilines is 1. The molecule has 0 radical (unpaired) electrons. The SMILES string of the molecule is CCCCCN(CC1CCNc2ccccc21)C(C)C. The molecule has 0 saturated heterocycles. The van der Waals surface area contributed by atoms with Gasteiger partial charge in [-0.3, -0.25) is 0 Å². The molecule has 0 aromatic heterocycles. The first-order chi connectivity index (χ1) is 9.72. The van der Waals surface area contributed by atoms with Gasteiger partial charge in [0.05, 0.1) is 0 Å². The van der Waals surface area contributed by atoms with E-state index in [0.29, 0.717) is 12.0 Å². The molecular weight excluding hydrogens is 244 g/mol. The number of rotatable bonds is 7. The molecule has 1 aromatic carbocycles. The van der Waals surface area contributed by atoms with E-state index in [4.69, 9.17) is 0 Å². The highest BCUT2D eigenvalue weighted by atomic mass is 15.1. The molecule has 1 unspecified atom stereocenters. The molecule has 2 heteroatoms. The first-order valence-electron chi connectivity index (χ1n) is 8.29. The van der Waals surface area contributed by atoms with E-state index in [1.807, 2.05) is 0 Å². The summed E-state index contributed by atoms with van der Waals surface area (Å²) in [4.78, 5) is 2.67. The third-order valence-corrected chi connectivity index (χ3v) is 4.44. The van der Waals surface area contributed by atoms with Gasteiger partial charge in [0.1, 0.15) is 0 Å². The molecule has 0 aliphatic carbocycles. The Hall–Kier alpha value is -1.02. The van der Waals surface area contributed by atoms with Gasteiger partial charge in [0.15, 0.2) is 0 Å². The van der Waals surface area contributed by atoms with Crippen LogP contribution in [-0.4, -0.2) is 30.6 Å². The van der Waals surface area contributed by atoms with E-state index in [1.54, 1.807) is 0 Å². The van der Waals surface area contributed by atoms with Gasteiger partial charge in [-0.05, 0) is 44.9 Å². The molecule has 1 N–H and O–H groups in total. The fourth-order valence-corrected chi connectivity index (χ4v) is 3.15. The van der Waals surface area contributed by atoms with Crippen molar-refractivity contribution >= 4 is 5.69 Å². The molecule has 2 rings (SSSR count). The van der Waals surface area contributed by atoms with Crippen molar-refractivity contribution in [2.24, 2.45) is 0 Å². The Morgan fingerprint density at radius 1 is 1.25 bits per heavy atom. The highest BCUT2D eigenvalue weighted by molar-refractivity contribution is 5.54. The highest BCUT2D eigenvalue weighted by Gasteiger charge is 2.22. The van der Waals surface area contributed by atoms with Crippen LogP contribution in [0.5, 0.6) is 0 Å². The van der Waals surface area contributed by atoms with Gasteiger partial charge in [0.2, 0.25) is 0 Å². The Morgan fingerprint density at radius 2 is 2.05 bits per heavy atom. The molecule has 0 spiro atoms. The fraction of sp³-hybridized carbons (Fsp3) is 0.667. The zero-order valence-corrected chi connectivity index (χ0v) is 13.4. The van der Waals surface area contributed by atoms with Crippen LogP contribution in [-0.2, 0) is 0 Å². The van der Waals surface area contributed by atoms with Crippen molar-refractivity contribution in [2.45, 2.75) is 58.4 Å². The average molecular weight is 274 g/mol. The molecule has 0 amide bonds. The lowest BCUT2D eigenvalue weighted by molar-refractivity contribution is 0.200.